The van der Waals surface area contributed by atoms with E-state index in [4.69, 9.17) is 0 Å². The lowest BCUT2D eigenvalue weighted by Gasteiger charge is -2.15. The van der Waals surface area contributed by atoms with Crippen LogP contribution in [0.2, 0.25) is 0 Å². The van der Waals surface area contributed by atoms with Crippen LogP contribution in [-0.2, 0) is 0 Å². The monoisotopic (exact) mass is 233 g/mol. The molecule has 0 amide bonds. The fraction of sp³-hybridized carbons (Fsp3) is 0.636. The van der Waals surface area contributed by atoms with Crippen molar-refractivity contribution in [2.75, 3.05) is 26.3 Å². The lowest BCUT2D eigenvalue weighted by Crippen LogP contribution is -2.20. The number of hydrogen-bond acceptors (Lipinski definition) is 3. The molecule has 0 saturated heterocycles. The lowest BCUT2D eigenvalue weighted by atomic mass is 10.6. The number of rotatable bonds is 4. The average molecular weight is 234 g/mol. The van der Waals surface area contributed by atoms with Gasteiger partial charge in [0.1, 0.15) is 0 Å². The molecular formula is C11H24ClN3. The summed E-state index contributed by atoms with van der Waals surface area (Å²) < 4.78 is 0. The number of halogens is 1. The summed E-state index contributed by atoms with van der Waals surface area (Å²) in [6.45, 7) is 14.2. The number of nitrogens with one attached hydrogen (secondary N) is 1. The van der Waals surface area contributed by atoms with Crippen molar-refractivity contribution in [1.82, 2.24) is 15.1 Å². The molecule has 0 fully saturated rings. The zero-order valence-electron chi connectivity index (χ0n) is 10.1. The number of nitrogens with zero attached hydrogens (tertiary/aromatic N) is 2. The molecule has 0 aromatic carbocycles. The predicted molar refractivity (Wildman–Crippen MR) is 69.9 cm³/mol. The molecule has 0 spiro atoms. The second-order valence-corrected chi connectivity index (χ2v) is 3.00. The predicted octanol–water partition coefficient (Wildman–Crippen LogP) is 2.23. The first-order valence-electron chi connectivity index (χ1n) is 5.29. The van der Waals surface area contributed by atoms with Gasteiger partial charge in [-0.05, 0) is 26.2 Å². The summed E-state index contributed by atoms with van der Waals surface area (Å²) in [5, 5.41) is 3.11. The van der Waals surface area contributed by atoms with Crippen molar-refractivity contribution < 1.29 is 0 Å². The summed E-state index contributed by atoms with van der Waals surface area (Å²) in [5.41, 5.74) is 0. The van der Waals surface area contributed by atoms with E-state index < -0.39 is 0 Å². The van der Waals surface area contributed by atoms with Gasteiger partial charge in [-0.3, -0.25) is 0 Å². The highest BCUT2D eigenvalue weighted by molar-refractivity contribution is 5.85. The Bertz CT molecular complexity index is 169. The SMILES string of the molecule is C=CN1C=CN(CC)C1.CCNCC.Cl. The highest BCUT2D eigenvalue weighted by atomic mass is 35.5. The fourth-order valence-corrected chi connectivity index (χ4v) is 1.06. The Kier molecular flexibility index (Phi) is 12.7. The van der Waals surface area contributed by atoms with Gasteiger partial charge < -0.3 is 15.1 Å². The zero-order valence-corrected chi connectivity index (χ0v) is 10.9. The van der Waals surface area contributed by atoms with Gasteiger partial charge >= 0.3 is 0 Å². The lowest BCUT2D eigenvalue weighted by molar-refractivity contribution is 0.328. The largest absolute Gasteiger partial charge is 0.359 e. The van der Waals surface area contributed by atoms with Crippen LogP contribution in [0.1, 0.15) is 20.8 Å². The van der Waals surface area contributed by atoms with Gasteiger partial charge in [0.05, 0.1) is 6.67 Å². The van der Waals surface area contributed by atoms with E-state index in [0.717, 1.165) is 26.3 Å². The Morgan fingerprint density at radius 1 is 1.27 bits per heavy atom. The van der Waals surface area contributed by atoms with Crippen LogP contribution in [0.3, 0.4) is 0 Å². The Hall–Kier alpha value is -0.670. The van der Waals surface area contributed by atoms with E-state index in [-0.39, 0.29) is 12.4 Å². The minimum absolute atomic E-state index is 0. The molecule has 0 bridgehead atoms. The highest BCUT2D eigenvalue weighted by Gasteiger charge is 2.05. The van der Waals surface area contributed by atoms with Gasteiger partial charge in [-0.15, -0.1) is 12.4 Å². The van der Waals surface area contributed by atoms with Crippen LogP contribution < -0.4 is 5.32 Å². The van der Waals surface area contributed by atoms with Crippen LogP contribution in [0.5, 0.6) is 0 Å². The third kappa shape index (κ3) is 8.33. The molecule has 3 nitrogen and oxygen atoms in total. The first kappa shape index (κ1) is 16.7. The molecule has 0 atom stereocenters. The molecule has 0 unspecified atom stereocenters. The molecule has 0 aromatic heterocycles. The minimum Gasteiger partial charge on any atom is -0.359 e. The maximum Gasteiger partial charge on any atom is 0.0935 e. The van der Waals surface area contributed by atoms with E-state index in [2.05, 4.69) is 43.8 Å². The Balaban J connectivity index is 0. The molecule has 1 N–H and O–H groups in total. The van der Waals surface area contributed by atoms with Gasteiger partial charge in [0.25, 0.3) is 0 Å². The fourth-order valence-electron chi connectivity index (χ4n) is 1.06. The Morgan fingerprint density at radius 3 is 2.07 bits per heavy atom. The normalized spacial score (nSPS) is 13.0. The van der Waals surface area contributed by atoms with Crippen LogP contribution in [0.25, 0.3) is 0 Å². The van der Waals surface area contributed by atoms with Gasteiger partial charge in [0.2, 0.25) is 0 Å². The van der Waals surface area contributed by atoms with Gasteiger partial charge in [-0.2, -0.15) is 0 Å². The standard InChI is InChI=1S/C7H12N2.C4H11N.ClH/c1-3-8-5-6-9(4-2)7-8;1-3-5-4-2;/h3,5-6H,1,4,7H2,2H3;5H,3-4H2,1-2H3;1H. The Morgan fingerprint density at radius 2 is 1.87 bits per heavy atom. The molecule has 0 aromatic rings. The highest BCUT2D eigenvalue weighted by Crippen LogP contribution is 2.04. The van der Waals surface area contributed by atoms with Crippen molar-refractivity contribution in [1.29, 1.82) is 0 Å². The molecule has 0 saturated carbocycles. The second kappa shape index (κ2) is 11.4. The van der Waals surface area contributed by atoms with Gasteiger partial charge in [0, 0.05) is 18.9 Å². The summed E-state index contributed by atoms with van der Waals surface area (Å²) in [6, 6.07) is 0. The maximum atomic E-state index is 3.66. The summed E-state index contributed by atoms with van der Waals surface area (Å²) in [5.74, 6) is 0. The third-order valence-corrected chi connectivity index (χ3v) is 1.95. The third-order valence-electron chi connectivity index (χ3n) is 1.95. The summed E-state index contributed by atoms with van der Waals surface area (Å²) in [4.78, 5) is 4.26. The molecule has 1 aliphatic heterocycles. The minimum atomic E-state index is 0. The summed E-state index contributed by atoms with van der Waals surface area (Å²) in [7, 11) is 0. The van der Waals surface area contributed by atoms with E-state index in [1.54, 1.807) is 0 Å². The van der Waals surface area contributed by atoms with Crippen LogP contribution in [-0.4, -0.2) is 36.1 Å². The van der Waals surface area contributed by atoms with E-state index in [9.17, 15) is 0 Å². The zero-order chi connectivity index (χ0) is 10.8. The van der Waals surface area contributed by atoms with Gasteiger partial charge in [-0.25, -0.2) is 0 Å². The van der Waals surface area contributed by atoms with Crippen LogP contribution >= 0.6 is 12.4 Å². The van der Waals surface area contributed by atoms with Crippen molar-refractivity contribution in [2.24, 2.45) is 0 Å². The van der Waals surface area contributed by atoms with E-state index in [1.807, 2.05) is 17.3 Å². The van der Waals surface area contributed by atoms with Gasteiger partial charge in [-0.1, -0.05) is 20.4 Å². The summed E-state index contributed by atoms with van der Waals surface area (Å²) >= 11 is 0. The van der Waals surface area contributed by atoms with Crippen LogP contribution in [0.15, 0.2) is 25.2 Å². The van der Waals surface area contributed by atoms with Crippen LogP contribution in [0, 0.1) is 0 Å². The molecule has 1 heterocycles. The molecule has 0 aliphatic carbocycles. The van der Waals surface area contributed by atoms with Crippen molar-refractivity contribution >= 4 is 12.4 Å². The first-order chi connectivity index (χ1) is 6.78. The Labute approximate surface area is 100 Å². The van der Waals surface area contributed by atoms with Crippen molar-refractivity contribution in [3.8, 4) is 0 Å². The average Bonchev–Trinajstić information content (AvgIpc) is 2.67. The summed E-state index contributed by atoms with van der Waals surface area (Å²) in [6.07, 6.45) is 5.92. The van der Waals surface area contributed by atoms with Crippen molar-refractivity contribution in [3.05, 3.63) is 25.2 Å². The van der Waals surface area contributed by atoms with E-state index >= 15 is 0 Å². The number of hydrogen-bond donors (Lipinski definition) is 1. The molecule has 4 heteroatoms. The molecular weight excluding hydrogens is 210 g/mol. The topological polar surface area (TPSA) is 18.5 Å². The van der Waals surface area contributed by atoms with E-state index in [0.29, 0.717) is 0 Å². The molecule has 0 radical (unpaired) electrons. The van der Waals surface area contributed by atoms with Crippen molar-refractivity contribution in [3.63, 3.8) is 0 Å². The molecule has 1 aliphatic rings. The second-order valence-electron chi connectivity index (χ2n) is 3.00. The maximum absolute atomic E-state index is 3.66. The smallest absolute Gasteiger partial charge is 0.0935 e. The quantitative estimate of drug-likeness (QED) is 0.804. The molecule has 15 heavy (non-hydrogen) atoms. The van der Waals surface area contributed by atoms with Crippen LogP contribution in [0.4, 0.5) is 0 Å². The van der Waals surface area contributed by atoms with Crippen molar-refractivity contribution in [2.45, 2.75) is 20.8 Å². The molecule has 90 valence electrons. The van der Waals surface area contributed by atoms with Gasteiger partial charge in [0.15, 0.2) is 0 Å². The molecule has 1 rings (SSSR count). The first-order valence-corrected chi connectivity index (χ1v) is 5.29. The van der Waals surface area contributed by atoms with E-state index in [1.165, 1.54) is 0 Å².